The number of hydrogen-bond donors (Lipinski definition) is 0. The lowest BCUT2D eigenvalue weighted by molar-refractivity contribution is 1.01. The second kappa shape index (κ2) is 7.74. The fourth-order valence-electron chi connectivity index (χ4n) is 0.698. The zero-order chi connectivity index (χ0) is 12.6. The van der Waals surface area contributed by atoms with Crippen molar-refractivity contribution >= 4 is 55.6 Å². The van der Waals surface area contributed by atoms with E-state index in [0.717, 1.165) is 13.7 Å². The van der Waals surface area contributed by atoms with Gasteiger partial charge < -0.3 is 0 Å². The molecule has 0 spiro atoms. The standard InChI is InChI=1S/C4H2N4S4.C3H4N2S/c1-5-7-3(9-1)11-12-4-8-6-2-10-4;1-3-5-4-2-6-3/h1-2H;2H,1H3. The fourth-order valence-corrected chi connectivity index (χ4v) is 4.42. The highest BCUT2D eigenvalue weighted by molar-refractivity contribution is 8.77. The Balaban J connectivity index is 0.000000169. The van der Waals surface area contributed by atoms with Crippen molar-refractivity contribution in [3.05, 3.63) is 21.5 Å². The second-order valence-corrected chi connectivity index (χ2v) is 7.86. The predicted octanol–water partition coefficient (Wildman–Crippen LogP) is 3.04. The van der Waals surface area contributed by atoms with Gasteiger partial charge in [-0.2, -0.15) is 0 Å². The van der Waals surface area contributed by atoms with Crippen LogP contribution < -0.4 is 0 Å². The minimum Gasteiger partial charge on any atom is -0.147 e. The van der Waals surface area contributed by atoms with E-state index in [1.807, 2.05) is 6.92 Å². The Labute approximate surface area is 123 Å². The second-order valence-electron chi connectivity index (χ2n) is 2.53. The Morgan fingerprint density at radius 2 is 1.28 bits per heavy atom. The van der Waals surface area contributed by atoms with Crippen LogP contribution >= 0.6 is 55.6 Å². The summed E-state index contributed by atoms with van der Waals surface area (Å²) in [5.41, 5.74) is 5.14. The molecule has 3 aromatic heterocycles. The Morgan fingerprint density at radius 1 is 0.778 bits per heavy atom. The van der Waals surface area contributed by atoms with Crippen molar-refractivity contribution in [3.8, 4) is 0 Å². The molecule has 94 valence electrons. The molecule has 0 unspecified atom stereocenters. The summed E-state index contributed by atoms with van der Waals surface area (Å²) in [7, 11) is 3.11. The molecule has 6 nitrogen and oxygen atoms in total. The molecule has 0 aliphatic heterocycles. The molecule has 3 rings (SSSR count). The van der Waals surface area contributed by atoms with Crippen molar-refractivity contribution in [2.75, 3.05) is 0 Å². The molecule has 0 aliphatic carbocycles. The minimum atomic E-state index is 0.940. The maximum atomic E-state index is 3.88. The average Bonchev–Trinajstić information content (AvgIpc) is 3.11. The van der Waals surface area contributed by atoms with Crippen molar-refractivity contribution in [1.29, 1.82) is 0 Å². The normalized spacial score (nSPS) is 9.83. The summed E-state index contributed by atoms with van der Waals surface area (Å²) in [5, 5.41) is 23.5. The first-order valence-electron chi connectivity index (χ1n) is 4.44. The van der Waals surface area contributed by atoms with E-state index in [0.29, 0.717) is 0 Å². The van der Waals surface area contributed by atoms with E-state index in [1.165, 1.54) is 22.7 Å². The molecule has 0 fully saturated rings. The van der Waals surface area contributed by atoms with Crippen LogP contribution in [0.5, 0.6) is 0 Å². The quantitative estimate of drug-likeness (QED) is 0.676. The Kier molecular flexibility index (Phi) is 5.93. The number of nitrogens with zero attached hydrogens (tertiary/aromatic N) is 6. The van der Waals surface area contributed by atoms with E-state index in [9.17, 15) is 0 Å². The van der Waals surface area contributed by atoms with Crippen molar-refractivity contribution in [3.63, 3.8) is 0 Å². The highest BCUT2D eigenvalue weighted by atomic mass is 33.1. The van der Waals surface area contributed by atoms with E-state index in [4.69, 9.17) is 0 Å². The highest BCUT2D eigenvalue weighted by Gasteiger charge is 2.02. The molecule has 0 saturated carbocycles. The van der Waals surface area contributed by atoms with Crippen LogP contribution in [0, 0.1) is 6.92 Å². The van der Waals surface area contributed by atoms with Gasteiger partial charge in [0.1, 0.15) is 21.5 Å². The van der Waals surface area contributed by atoms with Gasteiger partial charge in [-0.3, -0.25) is 0 Å². The third-order valence-electron chi connectivity index (χ3n) is 1.33. The van der Waals surface area contributed by atoms with Crippen LogP contribution in [-0.4, -0.2) is 30.6 Å². The summed E-state index contributed by atoms with van der Waals surface area (Å²) in [5.74, 6) is 0. The van der Waals surface area contributed by atoms with Gasteiger partial charge in [-0.05, 0) is 28.5 Å². The van der Waals surface area contributed by atoms with Gasteiger partial charge >= 0.3 is 0 Å². The molecule has 0 atom stereocenters. The summed E-state index contributed by atoms with van der Waals surface area (Å²) in [6.45, 7) is 1.93. The molecule has 0 bridgehead atoms. The molecule has 0 aromatic carbocycles. The number of aryl methyl sites for hydroxylation is 1. The largest absolute Gasteiger partial charge is 0.185 e. The fraction of sp³-hybridized carbons (Fsp3) is 0.143. The van der Waals surface area contributed by atoms with Crippen molar-refractivity contribution in [2.45, 2.75) is 15.6 Å². The number of rotatable bonds is 3. The molecule has 0 radical (unpaired) electrons. The average molecular weight is 335 g/mol. The molecular formula is C7H6N6S5. The molecule has 0 amide bonds. The smallest absolute Gasteiger partial charge is 0.147 e. The lowest BCUT2D eigenvalue weighted by Crippen LogP contribution is -1.67. The minimum absolute atomic E-state index is 0.940. The molecule has 18 heavy (non-hydrogen) atoms. The van der Waals surface area contributed by atoms with Crippen LogP contribution in [0.25, 0.3) is 0 Å². The summed E-state index contributed by atoms with van der Waals surface area (Å²) < 4.78 is 1.88. The number of aromatic nitrogens is 6. The number of hydrogen-bond acceptors (Lipinski definition) is 11. The summed E-state index contributed by atoms with van der Waals surface area (Å²) in [4.78, 5) is 0. The summed E-state index contributed by atoms with van der Waals surface area (Å²) in [6, 6.07) is 0. The first kappa shape index (κ1) is 13.8. The maximum absolute atomic E-state index is 3.88. The third kappa shape index (κ3) is 4.94. The van der Waals surface area contributed by atoms with Crippen molar-refractivity contribution in [1.82, 2.24) is 30.6 Å². The van der Waals surface area contributed by atoms with E-state index in [2.05, 4.69) is 30.6 Å². The zero-order valence-electron chi connectivity index (χ0n) is 8.96. The van der Waals surface area contributed by atoms with E-state index >= 15 is 0 Å². The topological polar surface area (TPSA) is 77.3 Å². The van der Waals surface area contributed by atoms with Crippen molar-refractivity contribution in [2.24, 2.45) is 0 Å². The maximum Gasteiger partial charge on any atom is 0.185 e. The van der Waals surface area contributed by atoms with Crippen LogP contribution in [0.15, 0.2) is 25.2 Å². The van der Waals surface area contributed by atoms with Crippen LogP contribution in [0.4, 0.5) is 0 Å². The van der Waals surface area contributed by atoms with Gasteiger partial charge in [0, 0.05) is 0 Å². The van der Waals surface area contributed by atoms with Crippen LogP contribution in [0.2, 0.25) is 0 Å². The zero-order valence-corrected chi connectivity index (χ0v) is 13.0. The Hall–Kier alpha value is -0.620. The van der Waals surface area contributed by atoms with Gasteiger partial charge in [0.05, 0.1) is 0 Å². The lowest BCUT2D eigenvalue weighted by Gasteiger charge is -1.87. The van der Waals surface area contributed by atoms with Crippen LogP contribution in [-0.2, 0) is 0 Å². The molecule has 0 saturated heterocycles. The molecular weight excluding hydrogens is 328 g/mol. The van der Waals surface area contributed by atoms with E-state index in [-0.39, 0.29) is 0 Å². The van der Waals surface area contributed by atoms with Gasteiger partial charge in [0.15, 0.2) is 8.68 Å². The molecule has 0 aliphatic rings. The van der Waals surface area contributed by atoms with Crippen LogP contribution in [0.1, 0.15) is 5.01 Å². The summed E-state index contributed by atoms with van der Waals surface area (Å²) in [6.07, 6.45) is 0. The van der Waals surface area contributed by atoms with Gasteiger partial charge in [-0.25, -0.2) is 0 Å². The van der Waals surface area contributed by atoms with Gasteiger partial charge in [-0.1, -0.05) is 22.7 Å². The molecule has 3 heterocycles. The first-order chi connectivity index (χ1) is 8.84. The predicted molar refractivity (Wildman–Crippen MR) is 76.2 cm³/mol. The molecule has 3 aromatic rings. The third-order valence-corrected chi connectivity index (χ3v) is 6.36. The monoisotopic (exact) mass is 334 g/mol. The van der Waals surface area contributed by atoms with Crippen molar-refractivity contribution < 1.29 is 0 Å². The highest BCUT2D eigenvalue weighted by Crippen LogP contribution is 2.37. The van der Waals surface area contributed by atoms with E-state index in [1.54, 1.807) is 49.5 Å². The lowest BCUT2D eigenvalue weighted by atomic mass is 10.9. The molecule has 0 N–H and O–H groups in total. The van der Waals surface area contributed by atoms with Gasteiger partial charge in [0.2, 0.25) is 0 Å². The van der Waals surface area contributed by atoms with E-state index < -0.39 is 0 Å². The SMILES string of the molecule is Cc1nncs1.c1nnc(SSc2nncs2)s1. The van der Waals surface area contributed by atoms with Gasteiger partial charge in [-0.15, -0.1) is 41.9 Å². The summed E-state index contributed by atoms with van der Waals surface area (Å²) >= 11 is 4.60. The Morgan fingerprint density at radius 3 is 1.56 bits per heavy atom. The molecule has 11 heteroatoms. The Bertz CT molecular complexity index is 486. The van der Waals surface area contributed by atoms with Crippen LogP contribution in [0.3, 0.4) is 0 Å². The van der Waals surface area contributed by atoms with Gasteiger partial charge in [0.25, 0.3) is 0 Å². The first-order valence-corrected chi connectivity index (χ1v) is 9.23.